The number of carbonyl (C=O) groups excluding carboxylic acids is 2. The van der Waals surface area contributed by atoms with Crippen molar-refractivity contribution >= 4 is 11.9 Å². The quantitative estimate of drug-likeness (QED) is 0.0321. The van der Waals surface area contributed by atoms with Gasteiger partial charge in [-0.3, -0.25) is 9.59 Å². The highest BCUT2D eigenvalue weighted by Gasteiger charge is 2.18. The van der Waals surface area contributed by atoms with E-state index in [1.54, 1.807) is 6.08 Å². The Labute approximate surface area is 397 Å². The summed E-state index contributed by atoms with van der Waals surface area (Å²) < 4.78 is 5.47. The molecule has 0 spiro atoms. The minimum atomic E-state index is -0.852. The molecule has 64 heavy (non-hydrogen) atoms. The normalized spacial score (nSPS) is 13.0. The van der Waals surface area contributed by atoms with Crippen LogP contribution in [0, 0.1) is 0 Å². The Morgan fingerprint density at radius 2 is 0.781 bits per heavy atom. The fourth-order valence-electron chi connectivity index (χ4n) is 8.25. The first kappa shape index (κ1) is 61.8. The van der Waals surface area contributed by atoms with Gasteiger partial charge in [-0.15, -0.1) is 0 Å². The Bertz CT molecular complexity index is 1080. The molecule has 3 N–H and O–H groups in total. The molecule has 2 atom stereocenters. The molecule has 6 nitrogen and oxygen atoms in total. The van der Waals surface area contributed by atoms with Crippen molar-refractivity contribution in [2.45, 2.75) is 296 Å². The van der Waals surface area contributed by atoms with Crippen molar-refractivity contribution in [2.24, 2.45) is 0 Å². The van der Waals surface area contributed by atoms with Crippen molar-refractivity contribution in [3.05, 3.63) is 48.6 Å². The van der Waals surface area contributed by atoms with Crippen LogP contribution in [-0.4, -0.2) is 47.4 Å². The lowest BCUT2D eigenvalue weighted by atomic mass is 10.0. The van der Waals surface area contributed by atoms with Crippen molar-refractivity contribution < 1.29 is 24.5 Å². The van der Waals surface area contributed by atoms with Gasteiger partial charge in [0.05, 0.1) is 25.4 Å². The second-order valence-electron chi connectivity index (χ2n) is 18.9. The molecule has 0 fully saturated rings. The van der Waals surface area contributed by atoms with Gasteiger partial charge < -0.3 is 20.3 Å². The maximum Gasteiger partial charge on any atom is 0.305 e. The molecule has 0 radical (unpaired) electrons. The molecule has 6 heteroatoms. The van der Waals surface area contributed by atoms with Gasteiger partial charge >= 0.3 is 5.97 Å². The molecule has 0 aliphatic heterocycles. The van der Waals surface area contributed by atoms with Crippen molar-refractivity contribution in [2.75, 3.05) is 13.2 Å². The van der Waals surface area contributed by atoms with Crippen LogP contribution in [-0.2, 0) is 14.3 Å². The van der Waals surface area contributed by atoms with Crippen LogP contribution in [0.4, 0.5) is 0 Å². The van der Waals surface area contributed by atoms with Crippen molar-refractivity contribution in [3.63, 3.8) is 0 Å². The third-order valence-corrected chi connectivity index (χ3v) is 12.6. The molecule has 374 valence electrons. The third kappa shape index (κ3) is 49.3. The van der Waals surface area contributed by atoms with Gasteiger partial charge in [0.15, 0.2) is 0 Å². The van der Waals surface area contributed by atoms with Crippen molar-refractivity contribution in [1.29, 1.82) is 0 Å². The Morgan fingerprint density at radius 3 is 1.23 bits per heavy atom. The van der Waals surface area contributed by atoms with E-state index in [2.05, 4.69) is 55.6 Å². The summed E-state index contributed by atoms with van der Waals surface area (Å²) in [6, 6.07) is -0.637. The highest BCUT2D eigenvalue weighted by atomic mass is 16.5. The molecular formula is C58H107NO5. The number of rotatable bonds is 51. The molecule has 0 heterocycles. The Kier molecular flexibility index (Phi) is 51.6. The summed E-state index contributed by atoms with van der Waals surface area (Å²) in [7, 11) is 0. The highest BCUT2D eigenvalue weighted by Crippen LogP contribution is 2.15. The van der Waals surface area contributed by atoms with E-state index in [9.17, 15) is 19.8 Å². The monoisotopic (exact) mass is 898 g/mol. The molecule has 0 aromatic heterocycles. The minimum absolute atomic E-state index is 0.0112. The Balaban J connectivity index is 3.48. The smallest absolute Gasteiger partial charge is 0.305 e. The van der Waals surface area contributed by atoms with Gasteiger partial charge in [-0.2, -0.15) is 0 Å². The topological polar surface area (TPSA) is 95.9 Å². The van der Waals surface area contributed by atoms with Gasteiger partial charge in [0.1, 0.15) is 0 Å². The molecule has 0 bridgehead atoms. The van der Waals surface area contributed by atoms with Crippen LogP contribution < -0.4 is 5.32 Å². The lowest BCUT2D eigenvalue weighted by molar-refractivity contribution is -0.143. The second-order valence-corrected chi connectivity index (χ2v) is 18.9. The standard InChI is InChI=1S/C58H107NO5/c1-3-5-7-9-11-13-15-17-18-20-24-28-32-36-40-44-48-52-58(63)64-53-49-45-41-37-33-29-25-22-19-21-23-27-31-35-39-43-47-51-57(62)59-55(54-60)56(61)50-46-42-38-34-30-26-16-14-12-10-8-6-4-2/h11,13,17-19,22,46,50,55-56,60-61H,3-10,12,14-16,20-21,23-45,47-49,51-54H2,1-2H3,(H,59,62)/b13-11-,18-17-,22-19-,50-46+. The molecule has 0 saturated carbocycles. The van der Waals surface area contributed by atoms with Crippen LogP contribution in [0.15, 0.2) is 48.6 Å². The molecule has 1 amide bonds. The zero-order valence-corrected chi connectivity index (χ0v) is 42.5. The number of ether oxygens (including phenoxy) is 1. The van der Waals surface area contributed by atoms with E-state index in [1.165, 1.54) is 193 Å². The molecule has 0 aromatic rings. The predicted octanol–water partition coefficient (Wildman–Crippen LogP) is 17.0. The van der Waals surface area contributed by atoms with Crippen LogP contribution >= 0.6 is 0 Å². The van der Waals surface area contributed by atoms with E-state index in [4.69, 9.17) is 4.74 Å². The molecule has 0 aromatic carbocycles. The molecule has 0 saturated heterocycles. The fourth-order valence-corrected chi connectivity index (χ4v) is 8.25. The summed E-state index contributed by atoms with van der Waals surface area (Å²) in [4.78, 5) is 24.5. The van der Waals surface area contributed by atoms with Crippen LogP contribution in [0.3, 0.4) is 0 Å². The van der Waals surface area contributed by atoms with E-state index in [-0.39, 0.29) is 18.5 Å². The molecule has 0 rings (SSSR count). The maximum absolute atomic E-state index is 12.4. The SMILES string of the molecule is CCCCC/C=C\C/C=C\CCCCCCCCCC(=O)OCCCCCCCC/C=C\CCCCCCCCCC(=O)NC(CO)C(O)/C=C/CCCCCCCCCCCCC. The van der Waals surface area contributed by atoms with Crippen LogP contribution in [0.1, 0.15) is 284 Å². The maximum atomic E-state index is 12.4. The lowest BCUT2D eigenvalue weighted by Gasteiger charge is -2.20. The average Bonchev–Trinajstić information content (AvgIpc) is 3.29. The number of aliphatic hydroxyl groups is 2. The largest absolute Gasteiger partial charge is 0.466 e. The third-order valence-electron chi connectivity index (χ3n) is 12.6. The summed E-state index contributed by atoms with van der Waals surface area (Å²) in [5, 5.41) is 23.0. The first-order valence-electron chi connectivity index (χ1n) is 27.9. The minimum Gasteiger partial charge on any atom is -0.466 e. The molecule has 2 unspecified atom stereocenters. The Hall–Kier alpha value is -2.18. The zero-order chi connectivity index (χ0) is 46.5. The van der Waals surface area contributed by atoms with E-state index in [1.807, 2.05) is 6.08 Å². The highest BCUT2D eigenvalue weighted by molar-refractivity contribution is 5.76. The number of hydrogen-bond donors (Lipinski definition) is 3. The zero-order valence-electron chi connectivity index (χ0n) is 42.5. The van der Waals surface area contributed by atoms with E-state index >= 15 is 0 Å². The lowest BCUT2D eigenvalue weighted by Crippen LogP contribution is -2.45. The first-order chi connectivity index (χ1) is 31.5. The average molecular weight is 898 g/mol. The van der Waals surface area contributed by atoms with Crippen LogP contribution in [0.25, 0.3) is 0 Å². The number of amides is 1. The number of carbonyl (C=O) groups is 2. The number of nitrogens with one attached hydrogen (secondary N) is 1. The van der Waals surface area contributed by atoms with Crippen molar-refractivity contribution in [3.8, 4) is 0 Å². The second kappa shape index (κ2) is 53.4. The summed E-state index contributed by atoms with van der Waals surface area (Å²) in [5.41, 5.74) is 0. The van der Waals surface area contributed by atoms with E-state index in [0.717, 1.165) is 64.2 Å². The predicted molar refractivity (Wildman–Crippen MR) is 278 cm³/mol. The number of esters is 1. The van der Waals surface area contributed by atoms with Gasteiger partial charge in [-0.25, -0.2) is 0 Å². The first-order valence-corrected chi connectivity index (χ1v) is 27.9. The fraction of sp³-hybridized carbons (Fsp3) is 0.828. The summed E-state index contributed by atoms with van der Waals surface area (Å²) >= 11 is 0. The number of hydrogen-bond acceptors (Lipinski definition) is 5. The van der Waals surface area contributed by atoms with Gasteiger partial charge in [0.25, 0.3) is 0 Å². The van der Waals surface area contributed by atoms with Gasteiger partial charge in [0, 0.05) is 12.8 Å². The Morgan fingerprint density at radius 1 is 0.438 bits per heavy atom. The van der Waals surface area contributed by atoms with Crippen LogP contribution in [0.5, 0.6) is 0 Å². The summed E-state index contributed by atoms with van der Waals surface area (Å²) in [6.07, 6.45) is 66.9. The van der Waals surface area contributed by atoms with Crippen molar-refractivity contribution in [1.82, 2.24) is 5.32 Å². The number of aliphatic hydroxyl groups excluding tert-OH is 2. The number of allylic oxidation sites excluding steroid dienone is 7. The van der Waals surface area contributed by atoms with E-state index < -0.39 is 12.1 Å². The molecule has 0 aliphatic carbocycles. The summed E-state index contributed by atoms with van der Waals surface area (Å²) in [5.74, 6) is -0.0927. The number of unbranched alkanes of at least 4 members (excludes halogenated alkanes) is 34. The van der Waals surface area contributed by atoms with E-state index in [0.29, 0.717) is 19.4 Å². The van der Waals surface area contributed by atoms with Gasteiger partial charge in [0.2, 0.25) is 5.91 Å². The summed E-state index contributed by atoms with van der Waals surface area (Å²) in [6.45, 7) is 4.84. The molecule has 0 aliphatic rings. The van der Waals surface area contributed by atoms with Gasteiger partial charge in [-0.05, 0) is 89.9 Å². The molecular weight excluding hydrogens is 791 g/mol. The van der Waals surface area contributed by atoms with Crippen LogP contribution in [0.2, 0.25) is 0 Å². The van der Waals surface area contributed by atoms with Gasteiger partial charge in [-0.1, -0.05) is 229 Å².